The molecule has 0 radical (unpaired) electrons. The van der Waals surface area contributed by atoms with Gasteiger partial charge in [-0.15, -0.1) is 11.6 Å². The topological polar surface area (TPSA) is 9.23 Å². The van der Waals surface area contributed by atoms with Crippen LogP contribution in [0, 0.1) is 0 Å². The van der Waals surface area contributed by atoms with E-state index in [1.807, 2.05) is 18.2 Å². The number of alkyl halides is 1. The predicted molar refractivity (Wildman–Crippen MR) is 72.5 cm³/mol. The van der Waals surface area contributed by atoms with Crippen molar-refractivity contribution in [3.63, 3.8) is 0 Å². The fraction of sp³-hybridized carbons (Fsp3) is 0.600. The summed E-state index contributed by atoms with van der Waals surface area (Å²) < 4.78 is 5.98. The van der Waals surface area contributed by atoms with Gasteiger partial charge in [0, 0.05) is 0 Å². The van der Waals surface area contributed by atoms with Crippen molar-refractivity contribution in [3.05, 3.63) is 35.9 Å². The zero-order valence-electron chi connectivity index (χ0n) is 10.7. The van der Waals surface area contributed by atoms with Crippen LogP contribution in [0.15, 0.2) is 30.3 Å². The molecule has 0 aliphatic carbocycles. The van der Waals surface area contributed by atoms with Gasteiger partial charge < -0.3 is 4.74 Å². The van der Waals surface area contributed by atoms with Crippen molar-refractivity contribution in [3.8, 4) is 0 Å². The number of rotatable bonds is 4. The van der Waals surface area contributed by atoms with Crippen molar-refractivity contribution in [1.29, 1.82) is 0 Å². The van der Waals surface area contributed by atoms with Gasteiger partial charge in [0.1, 0.15) is 0 Å². The van der Waals surface area contributed by atoms with Gasteiger partial charge in [0.15, 0.2) is 0 Å². The standard InChI is InChI=1S/C15H21ClO/c1-15(2)11-10-13(17-15)8-9-14(16)12-6-4-3-5-7-12/h3-7,13-14H,8-11H2,1-2H3. The summed E-state index contributed by atoms with van der Waals surface area (Å²) in [7, 11) is 0. The third-order valence-electron chi connectivity index (χ3n) is 3.46. The molecule has 0 bridgehead atoms. The van der Waals surface area contributed by atoms with Crippen molar-refractivity contribution in [2.75, 3.05) is 0 Å². The lowest BCUT2D eigenvalue weighted by molar-refractivity contribution is -0.0189. The minimum Gasteiger partial charge on any atom is -0.372 e. The molecule has 0 amide bonds. The lowest BCUT2D eigenvalue weighted by atomic mass is 10.0. The highest BCUT2D eigenvalue weighted by molar-refractivity contribution is 6.20. The molecule has 2 atom stereocenters. The van der Waals surface area contributed by atoms with Crippen LogP contribution in [-0.2, 0) is 4.74 Å². The first-order chi connectivity index (χ1) is 8.07. The lowest BCUT2D eigenvalue weighted by Gasteiger charge is -2.20. The molecule has 1 aromatic carbocycles. The van der Waals surface area contributed by atoms with Gasteiger partial charge in [0.05, 0.1) is 17.1 Å². The normalized spacial score (nSPS) is 24.8. The average molecular weight is 253 g/mol. The van der Waals surface area contributed by atoms with E-state index in [1.54, 1.807) is 0 Å². The zero-order chi connectivity index (χ0) is 12.3. The monoisotopic (exact) mass is 252 g/mol. The first-order valence-electron chi connectivity index (χ1n) is 6.44. The van der Waals surface area contributed by atoms with E-state index in [4.69, 9.17) is 16.3 Å². The van der Waals surface area contributed by atoms with Gasteiger partial charge in [0.2, 0.25) is 0 Å². The quantitative estimate of drug-likeness (QED) is 0.706. The van der Waals surface area contributed by atoms with E-state index in [0.29, 0.717) is 6.10 Å². The number of hydrogen-bond donors (Lipinski definition) is 0. The van der Waals surface area contributed by atoms with Crippen LogP contribution in [-0.4, -0.2) is 11.7 Å². The molecule has 17 heavy (non-hydrogen) atoms. The van der Waals surface area contributed by atoms with Gasteiger partial charge in [-0.05, 0) is 45.1 Å². The smallest absolute Gasteiger partial charge is 0.0631 e. The maximum absolute atomic E-state index is 6.40. The molecule has 1 fully saturated rings. The summed E-state index contributed by atoms with van der Waals surface area (Å²) in [6.07, 6.45) is 4.79. The van der Waals surface area contributed by atoms with E-state index < -0.39 is 0 Å². The largest absolute Gasteiger partial charge is 0.372 e. The van der Waals surface area contributed by atoms with E-state index >= 15 is 0 Å². The van der Waals surface area contributed by atoms with E-state index in [1.165, 1.54) is 12.0 Å². The van der Waals surface area contributed by atoms with E-state index in [9.17, 15) is 0 Å². The summed E-state index contributed by atoms with van der Waals surface area (Å²) in [5, 5.41) is 0.114. The van der Waals surface area contributed by atoms with Crippen molar-refractivity contribution in [2.45, 2.75) is 56.6 Å². The molecule has 1 aromatic rings. The molecule has 1 saturated heterocycles. The van der Waals surface area contributed by atoms with E-state index in [-0.39, 0.29) is 11.0 Å². The Labute approximate surface area is 109 Å². The van der Waals surface area contributed by atoms with Crippen LogP contribution < -0.4 is 0 Å². The van der Waals surface area contributed by atoms with Gasteiger partial charge in [-0.3, -0.25) is 0 Å². The Balaban J connectivity index is 1.79. The summed E-state index contributed by atoms with van der Waals surface area (Å²) >= 11 is 6.40. The lowest BCUT2D eigenvalue weighted by Crippen LogP contribution is -2.20. The number of hydrogen-bond acceptors (Lipinski definition) is 1. The number of halogens is 1. The Kier molecular flexibility index (Phi) is 4.11. The Morgan fingerprint density at radius 2 is 2.06 bits per heavy atom. The van der Waals surface area contributed by atoms with Crippen LogP contribution in [0.3, 0.4) is 0 Å². The van der Waals surface area contributed by atoms with Crippen LogP contribution in [0.1, 0.15) is 50.5 Å². The minimum absolute atomic E-state index is 0.0687. The highest BCUT2D eigenvalue weighted by atomic mass is 35.5. The van der Waals surface area contributed by atoms with Crippen LogP contribution >= 0.6 is 11.6 Å². The summed E-state index contributed by atoms with van der Waals surface area (Å²) in [4.78, 5) is 0. The third-order valence-corrected chi connectivity index (χ3v) is 3.93. The number of ether oxygens (including phenoxy) is 1. The SMILES string of the molecule is CC1(C)CCC(CCC(Cl)c2ccccc2)O1. The van der Waals surface area contributed by atoms with Crippen molar-refractivity contribution >= 4 is 11.6 Å². The molecule has 1 aliphatic rings. The van der Waals surface area contributed by atoms with Crippen LogP contribution in [0.5, 0.6) is 0 Å². The molecule has 2 heteroatoms. The predicted octanol–water partition coefficient (Wildman–Crippen LogP) is 4.70. The van der Waals surface area contributed by atoms with Crippen LogP contribution in [0.25, 0.3) is 0 Å². The second-order valence-electron chi connectivity index (χ2n) is 5.49. The second-order valence-corrected chi connectivity index (χ2v) is 6.02. The Morgan fingerprint density at radius 3 is 2.65 bits per heavy atom. The van der Waals surface area contributed by atoms with Crippen molar-refractivity contribution in [2.24, 2.45) is 0 Å². The Morgan fingerprint density at radius 1 is 1.35 bits per heavy atom. The van der Waals surface area contributed by atoms with E-state index in [0.717, 1.165) is 19.3 Å². The molecule has 2 rings (SSSR count). The van der Waals surface area contributed by atoms with Gasteiger partial charge >= 0.3 is 0 Å². The van der Waals surface area contributed by atoms with Crippen molar-refractivity contribution in [1.82, 2.24) is 0 Å². The fourth-order valence-electron chi connectivity index (χ4n) is 2.44. The zero-order valence-corrected chi connectivity index (χ0v) is 11.4. The molecule has 2 unspecified atom stereocenters. The van der Waals surface area contributed by atoms with Gasteiger partial charge in [-0.1, -0.05) is 30.3 Å². The molecular formula is C15H21ClO. The summed E-state index contributed by atoms with van der Waals surface area (Å²) in [5.74, 6) is 0. The molecule has 0 aromatic heterocycles. The molecule has 0 saturated carbocycles. The molecule has 1 nitrogen and oxygen atoms in total. The molecule has 0 N–H and O–H groups in total. The Bertz CT molecular complexity index is 347. The highest BCUT2D eigenvalue weighted by Crippen LogP contribution is 2.34. The summed E-state index contributed by atoms with van der Waals surface area (Å²) in [5.41, 5.74) is 1.28. The molecule has 1 heterocycles. The maximum Gasteiger partial charge on any atom is 0.0631 e. The Hall–Kier alpha value is -0.530. The van der Waals surface area contributed by atoms with Crippen molar-refractivity contribution < 1.29 is 4.74 Å². The van der Waals surface area contributed by atoms with E-state index in [2.05, 4.69) is 26.0 Å². The average Bonchev–Trinajstić information content (AvgIpc) is 2.67. The fourth-order valence-corrected chi connectivity index (χ4v) is 2.71. The maximum atomic E-state index is 6.40. The molecule has 94 valence electrons. The second kappa shape index (κ2) is 5.41. The highest BCUT2D eigenvalue weighted by Gasteiger charge is 2.31. The molecular weight excluding hydrogens is 232 g/mol. The third kappa shape index (κ3) is 3.72. The van der Waals surface area contributed by atoms with Crippen LogP contribution in [0.2, 0.25) is 0 Å². The summed E-state index contributed by atoms with van der Waals surface area (Å²) in [6.45, 7) is 4.34. The summed E-state index contributed by atoms with van der Waals surface area (Å²) in [6, 6.07) is 10.3. The first-order valence-corrected chi connectivity index (χ1v) is 6.87. The minimum atomic E-state index is 0.0687. The molecule has 1 aliphatic heterocycles. The van der Waals surface area contributed by atoms with Gasteiger partial charge in [0.25, 0.3) is 0 Å². The number of benzene rings is 1. The van der Waals surface area contributed by atoms with Crippen LogP contribution in [0.4, 0.5) is 0 Å². The van der Waals surface area contributed by atoms with Gasteiger partial charge in [-0.2, -0.15) is 0 Å². The van der Waals surface area contributed by atoms with Gasteiger partial charge in [-0.25, -0.2) is 0 Å². The molecule has 0 spiro atoms. The first kappa shape index (κ1) is 12.9.